The molecule has 1 aliphatic heterocycles. The van der Waals surface area contributed by atoms with Crippen molar-refractivity contribution in [3.8, 4) is 0 Å². The molecule has 2 heterocycles. The number of anilines is 1. The van der Waals surface area contributed by atoms with E-state index in [-0.39, 0.29) is 5.91 Å². The van der Waals surface area contributed by atoms with Crippen molar-refractivity contribution in [1.82, 2.24) is 9.88 Å². The highest BCUT2D eigenvalue weighted by molar-refractivity contribution is 5.99. The maximum Gasteiger partial charge on any atom is 0.257 e. The summed E-state index contributed by atoms with van der Waals surface area (Å²) in [7, 11) is 1.69. The number of carbonyl (C=O) groups excluding carboxylic acids is 1. The molecule has 5 nitrogen and oxygen atoms in total. The smallest absolute Gasteiger partial charge is 0.257 e. The summed E-state index contributed by atoms with van der Waals surface area (Å²) in [6, 6.07) is 1.73. The lowest BCUT2D eigenvalue weighted by Gasteiger charge is -2.17. The first kappa shape index (κ1) is 12.8. The summed E-state index contributed by atoms with van der Waals surface area (Å²) in [5, 5.41) is 0. The Bertz CT molecular complexity index is 448. The number of hydrogen-bond acceptors (Lipinski definition) is 4. The van der Waals surface area contributed by atoms with Gasteiger partial charge in [0.15, 0.2) is 0 Å². The van der Waals surface area contributed by atoms with Gasteiger partial charge in [-0.15, -0.1) is 0 Å². The van der Waals surface area contributed by atoms with E-state index in [1.165, 1.54) is 0 Å². The molecule has 0 aliphatic carbocycles. The lowest BCUT2D eigenvalue weighted by Crippen LogP contribution is -2.30. The summed E-state index contributed by atoms with van der Waals surface area (Å²) in [6.07, 6.45) is 2.55. The minimum absolute atomic E-state index is 0.0291. The van der Waals surface area contributed by atoms with Crippen LogP contribution < -0.4 is 5.73 Å². The van der Waals surface area contributed by atoms with Crippen LogP contribution in [0.25, 0.3) is 0 Å². The Hall–Kier alpha value is -1.62. The Kier molecular flexibility index (Phi) is 3.81. The van der Waals surface area contributed by atoms with Crippen LogP contribution in [0.5, 0.6) is 0 Å². The molecule has 0 aromatic carbocycles. The Morgan fingerprint density at radius 2 is 2.44 bits per heavy atom. The topological polar surface area (TPSA) is 68.5 Å². The standard InChI is InChI=1S/C13H19N3O2/c1-9-5-12(14)11(6-15-9)13(17)16-4-3-10(7-16)8-18-2/h5-6,10H,3-4,7-8H2,1-2H3,(H2,14,15). The van der Waals surface area contributed by atoms with Gasteiger partial charge >= 0.3 is 0 Å². The second kappa shape index (κ2) is 5.35. The van der Waals surface area contributed by atoms with E-state index in [1.807, 2.05) is 11.8 Å². The molecule has 2 N–H and O–H groups in total. The fourth-order valence-corrected chi connectivity index (χ4v) is 2.32. The summed E-state index contributed by atoms with van der Waals surface area (Å²) >= 11 is 0. The summed E-state index contributed by atoms with van der Waals surface area (Å²) in [6.45, 7) is 4.06. The predicted molar refractivity (Wildman–Crippen MR) is 69.3 cm³/mol. The molecule has 1 aromatic rings. The number of likely N-dealkylation sites (tertiary alicyclic amines) is 1. The maximum atomic E-state index is 12.3. The molecule has 0 radical (unpaired) electrons. The second-order valence-electron chi connectivity index (χ2n) is 4.77. The SMILES string of the molecule is COCC1CCN(C(=O)c2cnc(C)cc2N)C1. The Balaban J connectivity index is 2.08. The van der Waals surface area contributed by atoms with Crippen molar-refractivity contribution in [2.75, 3.05) is 32.5 Å². The third-order valence-corrected chi connectivity index (χ3v) is 3.28. The van der Waals surface area contributed by atoms with Gasteiger partial charge in [-0.1, -0.05) is 0 Å². The van der Waals surface area contributed by atoms with E-state index in [4.69, 9.17) is 10.5 Å². The van der Waals surface area contributed by atoms with Crippen LogP contribution in [0.4, 0.5) is 5.69 Å². The molecular weight excluding hydrogens is 230 g/mol. The first-order valence-corrected chi connectivity index (χ1v) is 6.12. The number of aromatic nitrogens is 1. The summed E-state index contributed by atoms with van der Waals surface area (Å²) < 4.78 is 5.12. The van der Waals surface area contributed by atoms with Crippen LogP contribution in [0.15, 0.2) is 12.3 Å². The lowest BCUT2D eigenvalue weighted by atomic mass is 10.1. The molecule has 1 aliphatic rings. The van der Waals surface area contributed by atoms with E-state index >= 15 is 0 Å². The van der Waals surface area contributed by atoms with Crippen molar-refractivity contribution < 1.29 is 9.53 Å². The highest BCUT2D eigenvalue weighted by atomic mass is 16.5. The van der Waals surface area contributed by atoms with E-state index in [2.05, 4.69) is 4.98 Å². The number of nitrogens with two attached hydrogens (primary N) is 1. The van der Waals surface area contributed by atoms with Crippen molar-refractivity contribution in [3.63, 3.8) is 0 Å². The van der Waals surface area contributed by atoms with Gasteiger partial charge in [0, 0.05) is 43.7 Å². The summed E-state index contributed by atoms with van der Waals surface area (Å²) in [4.78, 5) is 18.3. The van der Waals surface area contributed by atoms with Gasteiger partial charge in [0.1, 0.15) is 0 Å². The quantitative estimate of drug-likeness (QED) is 0.870. The molecular formula is C13H19N3O2. The molecule has 1 aromatic heterocycles. The number of methoxy groups -OCH3 is 1. The number of aryl methyl sites for hydroxylation is 1. The van der Waals surface area contributed by atoms with Crippen LogP contribution in [0.3, 0.4) is 0 Å². The molecule has 18 heavy (non-hydrogen) atoms. The monoisotopic (exact) mass is 249 g/mol. The fraction of sp³-hybridized carbons (Fsp3) is 0.538. The molecule has 0 saturated carbocycles. The van der Waals surface area contributed by atoms with Crippen LogP contribution in [-0.4, -0.2) is 42.6 Å². The van der Waals surface area contributed by atoms with Crippen LogP contribution in [0.1, 0.15) is 22.5 Å². The molecule has 1 amide bonds. The predicted octanol–water partition coefficient (Wildman–Crippen LogP) is 1.08. The van der Waals surface area contributed by atoms with Gasteiger partial charge in [0.05, 0.1) is 12.2 Å². The third kappa shape index (κ3) is 2.61. The highest BCUT2D eigenvalue weighted by Crippen LogP contribution is 2.21. The van der Waals surface area contributed by atoms with Gasteiger partial charge in [-0.2, -0.15) is 0 Å². The largest absolute Gasteiger partial charge is 0.398 e. The molecule has 1 saturated heterocycles. The molecule has 0 spiro atoms. The minimum Gasteiger partial charge on any atom is -0.398 e. The number of pyridine rings is 1. The molecule has 98 valence electrons. The Morgan fingerprint density at radius 1 is 1.67 bits per heavy atom. The van der Waals surface area contributed by atoms with Gasteiger partial charge < -0.3 is 15.4 Å². The molecule has 1 atom stereocenters. The van der Waals surface area contributed by atoms with Gasteiger partial charge in [0.2, 0.25) is 0 Å². The fourth-order valence-electron chi connectivity index (χ4n) is 2.32. The average Bonchev–Trinajstić information content (AvgIpc) is 2.77. The Morgan fingerprint density at radius 3 is 3.11 bits per heavy atom. The molecule has 1 unspecified atom stereocenters. The first-order chi connectivity index (χ1) is 8.61. The summed E-state index contributed by atoms with van der Waals surface area (Å²) in [5.41, 5.74) is 7.69. The normalized spacial score (nSPS) is 19.2. The number of nitrogens with zero attached hydrogens (tertiary/aromatic N) is 2. The first-order valence-electron chi connectivity index (χ1n) is 6.12. The number of rotatable bonds is 3. The van der Waals surface area contributed by atoms with Crippen molar-refractivity contribution in [1.29, 1.82) is 0 Å². The van der Waals surface area contributed by atoms with E-state index in [1.54, 1.807) is 19.4 Å². The van der Waals surface area contributed by atoms with E-state index in [0.29, 0.717) is 23.8 Å². The van der Waals surface area contributed by atoms with E-state index in [0.717, 1.165) is 25.2 Å². The number of nitrogen functional groups attached to an aromatic ring is 1. The Labute approximate surface area is 107 Å². The summed E-state index contributed by atoms with van der Waals surface area (Å²) in [5.74, 6) is 0.400. The zero-order chi connectivity index (χ0) is 13.1. The van der Waals surface area contributed by atoms with Crippen molar-refractivity contribution in [2.45, 2.75) is 13.3 Å². The van der Waals surface area contributed by atoms with Crippen molar-refractivity contribution in [2.24, 2.45) is 5.92 Å². The van der Waals surface area contributed by atoms with E-state index in [9.17, 15) is 4.79 Å². The van der Waals surface area contributed by atoms with Crippen molar-refractivity contribution in [3.05, 3.63) is 23.5 Å². The second-order valence-corrected chi connectivity index (χ2v) is 4.77. The number of ether oxygens (including phenoxy) is 1. The van der Waals surface area contributed by atoms with Crippen LogP contribution in [-0.2, 0) is 4.74 Å². The maximum absolute atomic E-state index is 12.3. The molecule has 2 rings (SSSR count). The third-order valence-electron chi connectivity index (χ3n) is 3.28. The van der Waals surface area contributed by atoms with Gasteiger partial charge in [-0.25, -0.2) is 0 Å². The number of carbonyl (C=O) groups is 1. The van der Waals surface area contributed by atoms with Crippen LogP contribution in [0, 0.1) is 12.8 Å². The van der Waals surface area contributed by atoms with Gasteiger partial charge in [-0.05, 0) is 19.4 Å². The minimum atomic E-state index is -0.0291. The molecule has 5 heteroatoms. The van der Waals surface area contributed by atoms with E-state index < -0.39 is 0 Å². The molecule has 0 bridgehead atoms. The zero-order valence-electron chi connectivity index (χ0n) is 10.8. The van der Waals surface area contributed by atoms with Crippen LogP contribution in [0.2, 0.25) is 0 Å². The number of hydrogen-bond donors (Lipinski definition) is 1. The zero-order valence-corrected chi connectivity index (χ0v) is 10.8. The van der Waals surface area contributed by atoms with Gasteiger partial charge in [-0.3, -0.25) is 9.78 Å². The van der Waals surface area contributed by atoms with Gasteiger partial charge in [0.25, 0.3) is 5.91 Å². The van der Waals surface area contributed by atoms with Crippen LogP contribution >= 0.6 is 0 Å². The molecule has 1 fully saturated rings. The van der Waals surface area contributed by atoms with Crippen molar-refractivity contribution >= 4 is 11.6 Å². The lowest BCUT2D eigenvalue weighted by molar-refractivity contribution is 0.0776. The number of amides is 1. The highest BCUT2D eigenvalue weighted by Gasteiger charge is 2.27. The average molecular weight is 249 g/mol.